The van der Waals surface area contributed by atoms with Gasteiger partial charge in [-0.25, -0.2) is 0 Å². The highest BCUT2D eigenvalue weighted by molar-refractivity contribution is 9.10. The molecule has 1 aliphatic rings. The summed E-state index contributed by atoms with van der Waals surface area (Å²) < 4.78 is 1.17. The Hall–Kier alpha value is -0.640. The van der Waals surface area contributed by atoms with Crippen molar-refractivity contribution in [3.63, 3.8) is 0 Å². The zero-order valence-corrected chi connectivity index (χ0v) is 14.1. The highest BCUT2D eigenvalue weighted by Crippen LogP contribution is 2.37. The molecule has 1 aromatic carbocycles. The molecule has 1 aromatic heterocycles. The van der Waals surface area contributed by atoms with Crippen molar-refractivity contribution in [1.29, 1.82) is 0 Å². The molecule has 2 aromatic rings. The molecule has 0 aliphatic heterocycles. The second-order valence-corrected chi connectivity index (χ2v) is 7.52. The van der Waals surface area contributed by atoms with Crippen molar-refractivity contribution < 1.29 is 0 Å². The van der Waals surface area contributed by atoms with Crippen LogP contribution in [0.2, 0.25) is 0 Å². The summed E-state index contributed by atoms with van der Waals surface area (Å²) in [6, 6.07) is 12.3. The summed E-state index contributed by atoms with van der Waals surface area (Å²) in [5.74, 6) is 0.744. The molecule has 0 bridgehead atoms. The lowest BCUT2D eigenvalue weighted by molar-refractivity contribution is 0.269. The Morgan fingerprint density at radius 1 is 1.25 bits per heavy atom. The highest BCUT2D eigenvalue weighted by atomic mass is 79.9. The number of thiophene rings is 1. The van der Waals surface area contributed by atoms with Gasteiger partial charge in [-0.3, -0.25) is 0 Å². The number of nitrogens with one attached hydrogen (secondary N) is 1. The SMILES string of the molecule is CC(Cc1ccsc1)NC1CC(c2ccc(Br)cc2)C1. The van der Waals surface area contributed by atoms with Crippen molar-refractivity contribution in [2.45, 2.75) is 44.2 Å². The minimum absolute atomic E-state index is 0.570. The fourth-order valence-corrected chi connectivity index (χ4v) is 3.93. The van der Waals surface area contributed by atoms with Crippen LogP contribution in [0.3, 0.4) is 0 Å². The third-order valence-electron chi connectivity index (χ3n) is 4.12. The molecule has 1 N–H and O–H groups in total. The average molecular weight is 350 g/mol. The lowest BCUT2D eigenvalue weighted by Crippen LogP contribution is -2.45. The lowest BCUT2D eigenvalue weighted by atomic mass is 9.75. The van der Waals surface area contributed by atoms with Gasteiger partial charge in [0.15, 0.2) is 0 Å². The molecule has 1 nitrogen and oxygen atoms in total. The molecule has 1 fully saturated rings. The van der Waals surface area contributed by atoms with Gasteiger partial charge in [-0.05, 0) is 72.2 Å². The van der Waals surface area contributed by atoms with Gasteiger partial charge in [0.1, 0.15) is 0 Å². The molecule has 3 heteroatoms. The van der Waals surface area contributed by atoms with Crippen molar-refractivity contribution in [3.05, 3.63) is 56.7 Å². The van der Waals surface area contributed by atoms with E-state index in [1.807, 2.05) is 0 Å². The van der Waals surface area contributed by atoms with E-state index in [4.69, 9.17) is 0 Å². The van der Waals surface area contributed by atoms with Gasteiger partial charge in [0.2, 0.25) is 0 Å². The van der Waals surface area contributed by atoms with Gasteiger partial charge >= 0.3 is 0 Å². The van der Waals surface area contributed by atoms with Crippen LogP contribution in [-0.2, 0) is 6.42 Å². The second kappa shape index (κ2) is 6.42. The van der Waals surface area contributed by atoms with Gasteiger partial charge in [-0.2, -0.15) is 11.3 Å². The summed E-state index contributed by atoms with van der Waals surface area (Å²) >= 11 is 5.28. The van der Waals surface area contributed by atoms with Crippen molar-refractivity contribution >= 4 is 27.3 Å². The first-order chi connectivity index (χ1) is 9.70. The predicted octanol–water partition coefficient (Wildman–Crippen LogP) is 4.98. The number of rotatable bonds is 5. The molecular formula is C17H20BrNS. The molecule has 20 heavy (non-hydrogen) atoms. The van der Waals surface area contributed by atoms with Crippen molar-refractivity contribution in [2.75, 3.05) is 0 Å². The predicted molar refractivity (Wildman–Crippen MR) is 90.5 cm³/mol. The van der Waals surface area contributed by atoms with E-state index in [1.165, 1.54) is 28.4 Å². The van der Waals surface area contributed by atoms with Crippen LogP contribution in [0, 0.1) is 0 Å². The fraction of sp³-hybridized carbons (Fsp3) is 0.412. The highest BCUT2D eigenvalue weighted by Gasteiger charge is 2.30. The monoisotopic (exact) mass is 349 g/mol. The number of hydrogen-bond donors (Lipinski definition) is 1. The van der Waals surface area contributed by atoms with Gasteiger partial charge in [0, 0.05) is 16.6 Å². The Balaban J connectivity index is 1.45. The molecule has 1 heterocycles. The van der Waals surface area contributed by atoms with Crippen LogP contribution >= 0.6 is 27.3 Å². The lowest BCUT2D eigenvalue weighted by Gasteiger charge is -2.38. The van der Waals surface area contributed by atoms with Crippen LogP contribution in [0.15, 0.2) is 45.6 Å². The smallest absolute Gasteiger partial charge is 0.0175 e. The molecule has 0 saturated heterocycles. The third kappa shape index (κ3) is 3.51. The molecule has 0 radical (unpaired) electrons. The molecule has 1 aliphatic carbocycles. The van der Waals surface area contributed by atoms with Gasteiger partial charge < -0.3 is 5.32 Å². The van der Waals surface area contributed by atoms with E-state index in [1.54, 1.807) is 11.3 Å². The van der Waals surface area contributed by atoms with Crippen LogP contribution < -0.4 is 5.32 Å². The largest absolute Gasteiger partial charge is 0.311 e. The molecule has 1 atom stereocenters. The average Bonchev–Trinajstić information content (AvgIpc) is 2.87. The van der Waals surface area contributed by atoms with Crippen LogP contribution in [0.25, 0.3) is 0 Å². The first kappa shape index (κ1) is 14.3. The molecule has 0 spiro atoms. The summed E-state index contributed by atoms with van der Waals surface area (Å²) in [5.41, 5.74) is 2.94. The molecule has 3 rings (SSSR count). The third-order valence-corrected chi connectivity index (χ3v) is 5.38. The van der Waals surface area contributed by atoms with E-state index >= 15 is 0 Å². The number of benzene rings is 1. The summed E-state index contributed by atoms with van der Waals surface area (Å²) in [7, 11) is 0. The first-order valence-corrected chi connectivity index (χ1v) is 8.97. The minimum atomic E-state index is 0.570. The summed E-state index contributed by atoms with van der Waals surface area (Å²) in [5, 5.41) is 8.18. The zero-order chi connectivity index (χ0) is 13.9. The van der Waals surface area contributed by atoms with Crippen LogP contribution in [0.5, 0.6) is 0 Å². The van der Waals surface area contributed by atoms with E-state index in [-0.39, 0.29) is 0 Å². The number of halogens is 1. The Morgan fingerprint density at radius 2 is 2.00 bits per heavy atom. The first-order valence-electron chi connectivity index (χ1n) is 7.23. The maximum atomic E-state index is 3.76. The van der Waals surface area contributed by atoms with E-state index in [0.29, 0.717) is 12.1 Å². The minimum Gasteiger partial charge on any atom is -0.311 e. The van der Waals surface area contributed by atoms with Gasteiger partial charge in [-0.15, -0.1) is 0 Å². The molecule has 1 unspecified atom stereocenters. The van der Waals surface area contributed by atoms with Crippen LogP contribution in [0.4, 0.5) is 0 Å². The standard InChI is InChI=1S/C17H20BrNS/c1-12(8-13-6-7-20-11-13)19-17-9-15(10-17)14-2-4-16(18)5-3-14/h2-7,11-12,15,17,19H,8-10H2,1H3. The van der Waals surface area contributed by atoms with Gasteiger partial charge in [0.25, 0.3) is 0 Å². The second-order valence-electron chi connectivity index (χ2n) is 5.82. The Labute approximate surface area is 133 Å². The maximum Gasteiger partial charge on any atom is 0.0175 e. The van der Waals surface area contributed by atoms with E-state index in [0.717, 1.165) is 12.3 Å². The molecular weight excluding hydrogens is 330 g/mol. The normalized spacial score (nSPS) is 23.3. The van der Waals surface area contributed by atoms with Crippen molar-refractivity contribution in [1.82, 2.24) is 5.32 Å². The summed E-state index contributed by atoms with van der Waals surface area (Å²) in [6.07, 6.45) is 3.69. The molecule has 0 amide bonds. The van der Waals surface area contributed by atoms with Crippen molar-refractivity contribution in [2.24, 2.45) is 0 Å². The van der Waals surface area contributed by atoms with Crippen molar-refractivity contribution in [3.8, 4) is 0 Å². The van der Waals surface area contributed by atoms with E-state index in [9.17, 15) is 0 Å². The van der Waals surface area contributed by atoms with Crippen LogP contribution in [0.1, 0.15) is 36.8 Å². The van der Waals surface area contributed by atoms with Gasteiger partial charge in [0.05, 0.1) is 0 Å². The number of hydrogen-bond acceptors (Lipinski definition) is 2. The maximum absolute atomic E-state index is 3.76. The van der Waals surface area contributed by atoms with Crippen LogP contribution in [-0.4, -0.2) is 12.1 Å². The van der Waals surface area contributed by atoms with E-state index in [2.05, 4.69) is 69.3 Å². The Bertz CT molecular complexity index is 529. The summed E-state index contributed by atoms with van der Waals surface area (Å²) in [6.45, 7) is 2.30. The Morgan fingerprint density at radius 3 is 2.65 bits per heavy atom. The quantitative estimate of drug-likeness (QED) is 0.802. The topological polar surface area (TPSA) is 12.0 Å². The Kier molecular flexibility index (Phi) is 4.59. The van der Waals surface area contributed by atoms with E-state index < -0.39 is 0 Å². The zero-order valence-electron chi connectivity index (χ0n) is 11.7. The molecule has 106 valence electrons. The fourth-order valence-electron chi connectivity index (χ4n) is 2.98. The van der Waals surface area contributed by atoms with Gasteiger partial charge in [-0.1, -0.05) is 28.1 Å². The summed E-state index contributed by atoms with van der Waals surface area (Å²) in [4.78, 5) is 0. The molecule has 1 saturated carbocycles.